The van der Waals surface area contributed by atoms with Crippen molar-refractivity contribution in [1.29, 1.82) is 0 Å². The van der Waals surface area contributed by atoms with Crippen LogP contribution in [0.3, 0.4) is 0 Å². The van der Waals surface area contributed by atoms with Crippen molar-refractivity contribution in [1.82, 2.24) is 0 Å². The van der Waals surface area contributed by atoms with Crippen molar-refractivity contribution in [3.8, 4) is 0 Å². The highest BCUT2D eigenvalue weighted by atomic mass is 16.1. The van der Waals surface area contributed by atoms with E-state index >= 15 is 0 Å². The Labute approximate surface area is 89.0 Å². The molecule has 0 spiro atoms. The van der Waals surface area contributed by atoms with Crippen molar-refractivity contribution in [3.63, 3.8) is 0 Å². The molecule has 3 rings (SSSR count). The number of allylic oxidation sites excluding steroid dienone is 4. The lowest BCUT2D eigenvalue weighted by molar-refractivity contribution is -0.136. The van der Waals surface area contributed by atoms with E-state index in [1.165, 1.54) is 0 Å². The maximum absolute atomic E-state index is 12.1. The predicted molar refractivity (Wildman–Crippen MR) is 56.1 cm³/mol. The summed E-state index contributed by atoms with van der Waals surface area (Å²) in [5, 5.41) is 0. The minimum Gasteiger partial charge on any atom is -0.294 e. The molecular formula is C13H14O2. The van der Waals surface area contributed by atoms with E-state index in [0.717, 1.165) is 6.42 Å². The van der Waals surface area contributed by atoms with Crippen LogP contribution in [0.25, 0.3) is 0 Å². The van der Waals surface area contributed by atoms with E-state index in [-0.39, 0.29) is 23.4 Å². The van der Waals surface area contributed by atoms with Crippen LogP contribution in [0, 0.1) is 23.2 Å². The highest BCUT2D eigenvalue weighted by molar-refractivity contribution is 6.13. The van der Waals surface area contributed by atoms with Gasteiger partial charge in [-0.15, -0.1) is 0 Å². The molecule has 0 aromatic carbocycles. The van der Waals surface area contributed by atoms with Crippen molar-refractivity contribution in [2.45, 2.75) is 20.3 Å². The zero-order valence-electron chi connectivity index (χ0n) is 8.99. The maximum atomic E-state index is 12.1. The Morgan fingerprint density at radius 3 is 2.80 bits per heavy atom. The highest BCUT2D eigenvalue weighted by Crippen LogP contribution is 2.58. The molecule has 0 unspecified atom stereocenters. The number of carbonyl (C=O) groups is 2. The summed E-state index contributed by atoms with van der Waals surface area (Å²) >= 11 is 0. The van der Waals surface area contributed by atoms with Gasteiger partial charge in [0.25, 0.3) is 0 Å². The average molecular weight is 202 g/mol. The normalized spacial score (nSPS) is 47.1. The highest BCUT2D eigenvalue weighted by Gasteiger charge is 2.60. The zero-order valence-corrected chi connectivity index (χ0v) is 8.99. The van der Waals surface area contributed by atoms with Crippen molar-refractivity contribution in [3.05, 3.63) is 23.8 Å². The number of hydrogen-bond donors (Lipinski definition) is 0. The molecular weight excluding hydrogens is 188 g/mol. The molecule has 2 heteroatoms. The first-order valence-electron chi connectivity index (χ1n) is 5.50. The fourth-order valence-electron chi connectivity index (χ4n) is 3.57. The topological polar surface area (TPSA) is 34.1 Å². The average Bonchev–Trinajstić information content (AvgIpc) is 2.74. The second-order valence-corrected chi connectivity index (χ2v) is 5.21. The summed E-state index contributed by atoms with van der Waals surface area (Å²) in [4.78, 5) is 24.2. The van der Waals surface area contributed by atoms with E-state index in [2.05, 4.69) is 12.2 Å². The number of hydrogen-bond acceptors (Lipinski definition) is 2. The maximum Gasteiger partial charge on any atom is 0.163 e. The molecule has 4 atom stereocenters. The number of Topliss-reactive ketones (excluding diaryl/α,β-unsaturated/α-hetero) is 1. The molecule has 2 bridgehead atoms. The molecule has 2 nitrogen and oxygen atoms in total. The smallest absolute Gasteiger partial charge is 0.163 e. The molecule has 15 heavy (non-hydrogen) atoms. The van der Waals surface area contributed by atoms with Crippen LogP contribution in [0.5, 0.6) is 0 Å². The van der Waals surface area contributed by atoms with Crippen LogP contribution in [0.4, 0.5) is 0 Å². The summed E-state index contributed by atoms with van der Waals surface area (Å²) in [7, 11) is 0. The van der Waals surface area contributed by atoms with Crippen molar-refractivity contribution in [2.24, 2.45) is 23.2 Å². The summed E-state index contributed by atoms with van der Waals surface area (Å²) < 4.78 is 0. The fraction of sp³-hybridized carbons (Fsp3) is 0.538. The molecule has 1 fully saturated rings. The number of fused-ring (bicyclic) bond motifs is 5. The van der Waals surface area contributed by atoms with Crippen LogP contribution < -0.4 is 0 Å². The third kappa shape index (κ3) is 0.858. The van der Waals surface area contributed by atoms with Gasteiger partial charge in [0.15, 0.2) is 11.6 Å². The van der Waals surface area contributed by atoms with Crippen molar-refractivity contribution >= 4 is 11.6 Å². The van der Waals surface area contributed by atoms with E-state index < -0.39 is 5.41 Å². The Hall–Kier alpha value is -1.18. The monoisotopic (exact) mass is 202 g/mol. The summed E-state index contributed by atoms with van der Waals surface area (Å²) in [6.45, 7) is 3.73. The van der Waals surface area contributed by atoms with Crippen LogP contribution in [0.15, 0.2) is 23.8 Å². The molecule has 0 aromatic heterocycles. The van der Waals surface area contributed by atoms with Crippen molar-refractivity contribution < 1.29 is 9.59 Å². The van der Waals surface area contributed by atoms with Gasteiger partial charge in [-0.3, -0.25) is 9.59 Å². The Morgan fingerprint density at radius 2 is 2.07 bits per heavy atom. The number of rotatable bonds is 0. The Bertz CT molecular complexity index is 430. The van der Waals surface area contributed by atoms with Gasteiger partial charge >= 0.3 is 0 Å². The minimum absolute atomic E-state index is 0.0787. The predicted octanol–water partition coefficient (Wildman–Crippen LogP) is 1.91. The SMILES string of the molecule is CC1=CC(=O)[C@]2(C)[C@@H]3C=C[C@@H](C3)[C@@H]2C1=O. The first-order valence-corrected chi connectivity index (χ1v) is 5.50. The van der Waals surface area contributed by atoms with Crippen LogP contribution >= 0.6 is 0 Å². The first kappa shape index (κ1) is 9.08. The Morgan fingerprint density at radius 1 is 1.33 bits per heavy atom. The molecule has 0 aliphatic heterocycles. The molecule has 0 aromatic rings. The molecule has 0 heterocycles. The standard InChI is InChI=1S/C13H14O2/c1-7-5-10(14)13(2)9-4-3-8(6-9)11(13)12(7)15/h3-5,8-9,11H,6H2,1-2H3/t8-,9+,11+,13-/m0/s1. The molecule has 1 saturated carbocycles. The third-order valence-corrected chi connectivity index (χ3v) is 4.51. The lowest BCUT2D eigenvalue weighted by atomic mass is 9.62. The fourth-order valence-corrected chi connectivity index (χ4v) is 3.57. The Balaban J connectivity index is 2.19. The molecule has 0 radical (unpaired) electrons. The van der Waals surface area contributed by atoms with Gasteiger partial charge in [-0.2, -0.15) is 0 Å². The lowest BCUT2D eigenvalue weighted by Gasteiger charge is -2.38. The lowest BCUT2D eigenvalue weighted by Crippen LogP contribution is -2.45. The molecule has 78 valence electrons. The second kappa shape index (κ2) is 2.49. The van der Waals surface area contributed by atoms with Crippen molar-refractivity contribution in [2.75, 3.05) is 0 Å². The quantitative estimate of drug-likeness (QED) is 0.562. The summed E-state index contributed by atoms with van der Waals surface area (Å²) in [5.41, 5.74) is 0.208. The minimum atomic E-state index is -0.435. The zero-order chi connectivity index (χ0) is 10.8. The summed E-state index contributed by atoms with van der Waals surface area (Å²) in [6, 6.07) is 0. The van der Waals surface area contributed by atoms with E-state index in [4.69, 9.17) is 0 Å². The molecule has 0 saturated heterocycles. The largest absolute Gasteiger partial charge is 0.294 e. The van der Waals surface area contributed by atoms with Gasteiger partial charge in [0, 0.05) is 11.3 Å². The van der Waals surface area contributed by atoms with E-state index in [1.54, 1.807) is 13.0 Å². The van der Waals surface area contributed by atoms with E-state index in [1.807, 2.05) is 6.92 Å². The van der Waals surface area contributed by atoms with Crippen LogP contribution in [-0.4, -0.2) is 11.6 Å². The summed E-state index contributed by atoms with van der Waals surface area (Å²) in [6.07, 6.45) is 6.79. The number of carbonyl (C=O) groups excluding carboxylic acids is 2. The van der Waals surface area contributed by atoms with Crippen LogP contribution in [0.2, 0.25) is 0 Å². The van der Waals surface area contributed by atoms with Crippen LogP contribution in [-0.2, 0) is 9.59 Å². The first-order chi connectivity index (χ1) is 7.05. The van der Waals surface area contributed by atoms with Gasteiger partial charge in [-0.1, -0.05) is 19.1 Å². The second-order valence-electron chi connectivity index (χ2n) is 5.21. The molecule has 0 N–H and O–H groups in total. The van der Waals surface area contributed by atoms with Gasteiger partial charge < -0.3 is 0 Å². The molecule has 3 aliphatic rings. The van der Waals surface area contributed by atoms with Gasteiger partial charge in [0.2, 0.25) is 0 Å². The van der Waals surface area contributed by atoms with E-state index in [9.17, 15) is 9.59 Å². The summed E-state index contributed by atoms with van der Waals surface area (Å²) in [5.74, 6) is 0.855. The van der Waals surface area contributed by atoms with Gasteiger partial charge in [0.1, 0.15) is 0 Å². The molecule has 0 amide bonds. The molecule has 3 aliphatic carbocycles. The van der Waals surface area contributed by atoms with Gasteiger partial charge in [0.05, 0.1) is 0 Å². The van der Waals surface area contributed by atoms with E-state index in [0.29, 0.717) is 11.5 Å². The van der Waals surface area contributed by atoms with Gasteiger partial charge in [-0.25, -0.2) is 0 Å². The number of ketones is 2. The van der Waals surface area contributed by atoms with Crippen LogP contribution in [0.1, 0.15) is 20.3 Å². The third-order valence-electron chi connectivity index (χ3n) is 4.51. The Kier molecular flexibility index (Phi) is 1.51. The van der Waals surface area contributed by atoms with Gasteiger partial charge in [-0.05, 0) is 36.8 Å².